The van der Waals surface area contributed by atoms with Crippen molar-refractivity contribution in [3.8, 4) is 0 Å². The molecule has 0 radical (unpaired) electrons. The molecule has 21 heavy (non-hydrogen) atoms. The maximum Gasteiger partial charge on any atom is 0.335 e. The molecule has 1 heterocycles. The highest BCUT2D eigenvalue weighted by atomic mass is 16.4. The van der Waals surface area contributed by atoms with Crippen LogP contribution in [0.2, 0.25) is 0 Å². The first-order chi connectivity index (χ1) is 9.99. The van der Waals surface area contributed by atoms with E-state index in [4.69, 9.17) is 16.6 Å². The predicted octanol–water partition coefficient (Wildman–Crippen LogP) is 1.28. The highest BCUT2D eigenvalue weighted by Gasteiger charge is 2.32. The van der Waals surface area contributed by atoms with Gasteiger partial charge in [0.25, 0.3) is 0 Å². The molecule has 1 atom stereocenters. The molecule has 0 aliphatic carbocycles. The van der Waals surface area contributed by atoms with Crippen LogP contribution in [0.5, 0.6) is 0 Å². The Hall–Kier alpha value is -2.86. The van der Waals surface area contributed by atoms with Gasteiger partial charge < -0.3 is 16.2 Å². The standard InChI is InChI=1S/C15H14N4O2/c16-13-11-8-9(14(20)21)6-7-12(11)18-15(17,19-13)10-4-2-1-3-5-10/h1-8,18H,17H2,(H2,16,19)(H,20,21). The van der Waals surface area contributed by atoms with Crippen LogP contribution in [0.25, 0.3) is 0 Å². The van der Waals surface area contributed by atoms with Crippen molar-refractivity contribution >= 4 is 17.5 Å². The molecule has 0 saturated carbocycles. The van der Waals surface area contributed by atoms with E-state index in [1.54, 1.807) is 6.07 Å². The smallest absolute Gasteiger partial charge is 0.335 e. The van der Waals surface area contributed by atoms with E-state index in [0.29, 0.717) is 11.3 Å². The molecule has 1 unspecified atom stereocenters. The summed E-state index contributed by atoms with van der Waals surface area (Å²) in [5.41, 5.74) is 14.4. The number of fused-ring (bicyclic) bond motifs is 1. The first-order valence-corrected chi connectivity index (χ1v) is 6.35. The highest BCUT2D eigenvalue weighted by molar-refractivity contribution is 6.06. The van der Waals surface area contributed by atoms with Crippen molar-refractivity contribution in [3.05, 3.63) is 65.2 Å². The van der Waals surface area contributed by atoms with Crippen LogP contribution >= 0.6 is 0 Å². The number of nitrogens with one attached hydrogen (secondary N) is 1. The second-order valence-electron chi connectivity index (χ2n) is 4.82. The molecule has 0 spiro atoms. The minimum Gasteiger partial charge on any atom is -0.478 e. The van der Waals surface area contributed by atoms with Gasteiger partial charge in [-0.1, -0.05) is 30.3 Å². The molecule has 1 aliphatic heterocycles. The average Bonchev–Trinajstić information content (AvgIpc) is 2.47. The normalized spacial score (nSPS) is 20.1. The van der Waals surface area contributed by atoms with E-state index < -0.39 is 11.8 Å². The lowest BCUT2D eigenvalue weighted by Gasteiger charge is -2.33. The van der Waals surface area contributed by atoms with E-state index in [2.05, 4.69) is 10.3 Å². The van der Waals surface area contributed by atoms with Gasteiger partial charge in [0, 0.05) is 16.8 Å². The number of carbonyl (C=O) groups is 1. The lowest BCUT2D eigenvalue weighted by molar-refractivity contribution is 0.0697. The van der Waals surface area contributed by atoms with Crippen molar-refractivity contribution in [1.29, 1.82) is 0 Å². The summed E-state index contributed by atoms with van der Waals surface area (Å²) in [6.45, 7) is 0. The van der Waals surface area contributed by atoms with Crippen molar-refractivity contribution in [2.45, 2.75) is 5.79 Å². The van der Waals surface area contributed by atoms with Gasteiger partial charge in [-0.3, -0.25) is 5.73 Å². The van der Waals surface area contributed by atoms with Crippen LogP contribution in [-0.4, -0.2) is 16.9 Å². The summed E-state index contributed by atoms with van der Waals surface area (Å²) < 4.78 is 0. The molecule has 0 saturated heterocycles. The number of hydrogen-bond acceptors (Lipinski definition) is 5. The summed E-state index contributed by atoms with van der Waals surface area (Å²) in [6.07, 6.45) is 0. The summed E-state index contributed by atoms with van der Waals surface area (Å²) in [5.74, 6) is -1.97. The molecule has 3 rings (SSSR count). The van der Waals surface area contributed by atoms with Crippen molar-refractivity contribution in [2.75, 3.05) is 5.32 Å². The van der Waals surface area contributed by atoms with E-state index in [0.717, 1.165) is 5.56 Å². The quantitative estimate of drug-likeness (QED) is 0.662. The van der Waals surface area contributed by atoms with Crippen molar-refractivity contribution < 1.29 is 9.90 Å². The lowest BCUT2D eigenvalue weighted by atomic mass is 10.0. The van der Waals surface area contributed by atoms with Gasteiger partial charge >= 0.3 is 5.97 Å². The number of amidine groups is 1. The molecule has 0 amide bonds. The first-order valence-electron chi connectivity index (χ1n) is 6.35. The van der Waals surface area contributed by atoms with Gasteiger partial charge in [0.2, 0.25) is 5.79 Å². The molecule has 0 aromatic heterocycles. The van der Waals surface area contributed by atoms with Crippen LogP contribution in [0.4, 0.5) is 5.69 Å². The molecule has 1 aliphatic rings. The molecular formula is C15H14N4O2. The van der Waals surface area contributed by atoms with Crippen LogP contribution in [-0.2, 0) is 5.79 Å². The Morgan fingerprint density at radius 1 is 1.19 bits per heavy atom. The van der Waals surface area contributed by atoms with E-state index in [1.165, 1.54) is 12.1 Å². The molecule has 2 aromatic rings. The Balaban J connectivity index is 2.08. The Kier molecular flexibility index (Phi) is 2.88. The van der Waals surface area contributed by atoms with Crippen LogP contribution in [0.1, 0.15) is 21.5 Å². The zero-order valence-electron chi connectivity index (χ0n) is 11.1. The van der Waals surface area contributed by atoms with Crippen molar-refractivity contribution in [2.24, 2.45) is 16.5 Å². The second kappa shape index (κ2) is 4.60. The summed E-state index contributed by atoms with van der Waals surface area (Å²) in [5, 5.41) is 12.1. The Morgan fingerprint density at radius 3 is 2.57 bits per heavy atom. The molecule has 106 valence electrons. The molecule has 2 aromatic carbocycles. The van der Waals surface area contributed by atoms with Crippen LogP contribution in [0, 0.1) is 0 Å². The maximum atomic E-state index is 11.0. The molecule has 6 N–H and O–H groups in total. The van der Waals surface area contributed by atoms with Crippen LogP contribution < -0.4 is 16.8 Å². The van der Waals surface area contributed by atoms with Crippen molar-refractivity contribution in [1.82, 2.24) is 0 Å². The Morgan fingerprint density at radius 2 is 1.90 bits per heavy atom. The molecule has 0 bridgehead atoms. The number of anilines is 1. The SMILES string of the molecule is NC1=NC(N)(c2ccccc2)Nc2ccc(C(=O)O)cc21. The van der Waals surface area contributed by atoms with Gasteiger partial charge in [-0.2, -0.15) is 0 Å². The molecule has 6 heteroatoms. The van der Waals surface area contributed by atoms with Gasteiger partial charge in [0.1, 0.15) is 5.84 Å². The summed E-state index contributed by atoms with van der Waals surface area (Å²) in [6, 6.07) is 13.9. The number of aliphatic imine (C=N–C) groups is 1. The summed E-state index contributed by atoms with van der Waals surface area (Å²) >= 11 is 0. The van der Waals surface area contributed by atoms with Crippen LogP contribution in [0.3, 0.4) is 0 Å². The number of benzene rings is 2. The number of nitrogens with zero attached hydrogens (tertiary/aromatic N) is 1. The third-order valence-electron chi connectivity index (χ3n) is 3.38. The molecule has 6 nitrogen and oxygen atoms in total. The van der Waals surface area contributed by atoms with Gasteiger partial charge in [0.15, 0.2) is 0 Å². The number of carboxylic acid groups (broad SMARTS) is 1. The van der Waals surface area contributed by atoms with Gasteiger partial charge in [-0.05, 0) is 18.2 Å². The lowest BCUT2D eigenvalue weighted by Crippen LogP contribution is -2.47. The number of aromatic carboxylic acids is 1. The Bertz CT molecular complexity index is 743. The fourth-order valence-electron chi connectivity index (χ4n) is 2.31. The summed E-state index contributed by atoms with van der Waals surface area (Å²) in [7, 11) is 0. The van der Waals surface area contributed by atoms with Gasteiger partial charge in [0.05, 0.1) is 5.56 Å². The topological polar surface area (TPSA) is 114 Å². The van der Waals surface area contributed by atoms with Gasteiger partial charge in [-0.25, -0.2) is 9.79 Å². The fraction of sp³-hybridized carbons (Fsp3) is 0.0667. The average molecular weight is 282 g/mol. The minimum atomic E-state index is -1.16. The minimum absolute atomic E-state index is 0.151. The number of rotatable bonds is 2. The third kappa shape index (κ3) is 2.21. The summed E-state index contributed by atoms with van der Waals surface area (Å²) in [4.78, 5) is 15.3. The number of hydrogen-bond donors (Lipinski definition) is 4. The van der Waals surface area contributed by atoms with E-state index in [9.17, 15) is 4.79 Å². The van der Waals surface area contributed by atoms with Gasteiger partial charge in [-0.15, -0.1) is 0 Å². The molecule has 0 fully saturated rings. The predicted molar refractivity (Wildman–Crippen MR) is 80.1 cm³/mol. The zero-order chi connectivity index (χ0) is 15.0. The molecular weight excluding hydrogens is 268 g/mol. The second-order valence-corrected chi connectivity index (χ2v) is 4.82. The number of carboxylic acids is 1. The zero-order valence-corrected chi connectivity index (χ0v) is 11.1. The van der Waals surface area contributed by atoms with Crippen molar-refractivity contribution in [3.63, 3.8) is 0 Å². The van der Waals surface area contributed by atoms with E-state index >= 15 is 0 Å². The third-order valence-corrected chi connectivity index (χ3v) is 3.38. The Labute approximate surface area is 121 Å². The maximum absolute atomic E-state index is 11.0. The van der Waals surface area contributed by atoms with Crippen LogP contribution in [0.15, 0.2) is 53.5 Å². The number of nitrogens with two attached hydrogens (primary N) is 2. The first kappa shape index (κ1) is 13.1. The largest absolute Gasteiger partial charge is 0.478 e. The van der Waals surface area contributed by atoms with E-state index in [-0.39, 0.29) is 11.4 Å². The van der Waals surface area contributed by atoms with E-state index in [1.807, 2.05) is 30.3 Å². The fourth-order valence-corrected chi connectivity index (χ4v) is 2.31. The highest BCUT2D eigenvalue weighted by Crippen LogP contribution is 2.30. The monoisotopic (exact) mass is 282 g/mol.